The zero-order valence-corrected chi connectivity index (χ0v) is 11.6. The Kier molecular flexibility index (Phi) is 3.81. The monoisotopic (exact) mass is 282 g/mol. The number of cyclic esters (lactones) is 2. The molecule has 0 fully saturated rings. The molecule has 0 aliphatic carbocycles. The summed E-state index contributed by atoms with van der Waals surface area (Å²) in [6, 6.07) is 5.09. The number of hydrogen-bond donors (Lipinski definition) is 1. The van der Waals surface area contributed by atoms with E-state index < -0.39 is 20.5 Å². The third-order valence-electron chi connectivity index (χ3n) is 3.19. The number of hydrogen-bond acceptors (Lipinski definition) is 6. The van der Waals surface area contributed by atoms with Crippen LogP contribution in [0.1, 0.15) is 20.7 Å². The summed E-state index contributed by atoms with van der Waals surface area (Å²) in [4.78, 5) is 22.9. The van der Waals surface area contributed by atoms with Gasteiger partial charge in [0.2, 0.25) is 0 Å². The van der Waals surface area contributed by atoms with Crippen LogP contribution in [0.25, 0.3) is 0 Å². The maximum atomic E-state index is 11.5. The molecule has 0 radical (unpaired) electrons. The highest BCUT2D eigenvalue weighted by Gasteiger charge is 2.40. The number of aliphatic hydroxyl groups is 1. The summed E-state index contributed by atoms with van der Waals surface area (Å²) >= 11 is 0. The molecule has 1 aliphatic heterocycles. The van der Waals surface area contributed by atoms with Gasteiger partial charge in [-0.3, -0.25) is 0 Å². The second-order valence-electron chi connectivity index (χ2n) is 4.07. The van der Waals surface area contributed by atoms with E-state index in [-0.39, 0.29) is 17.7 Å². The molecule has 0 spiro atoms. The van der Waals surface area contributed by atoms with Crippen molar-refractivity contribution in [3.63, 3.8) is 0 Å². The highest BCUT2D eigenvalue weighted by molar-refractivity contribution is 6.81. The number of fused-ring (bicyclic) bond motifs is 1. The van der Waals surface area contributed by atoms with Gasteiger partial charge in [0.05, 0.1) is 11.1 Å². The topological polar surface area (TPSA) is 82.1 Å². The van der Waals surface area contributed by atoms with E-state index >= 15 is 0 Å². The first-order chi connectivity index (χ1) is 9.07. The third-order valence-corrected chi connectivity index (χ3v) is 6.58. The standard InChI is InChI=1S/C12H14O6Si/c1-16-19(17-2,6-5-13)8-3-4-9-10(7-8)12(15)18-11(9)14/h3-4,7,13H,5-6H2,1-2H3. The summed E-state index contributed by atoms with van der Waals surface area (Å²) in [7, 11) is 0.221. The van der Waals surface area contributed by atoms with E-state index in [1.54, 1.807) is 12.1 Å². The summed E-state index contributed by atoms with van der Waals surface area (Å²) in [5.74, 6) is -1.31. The number of esters is 2. The highest BCUT2D eigenvalue weighted by Crippen LogP contribution is 2.21. The first-order valence-corrected chi connectivity index (χ1v) is 7.72. The molecule has 0 unspecified atom stereocenters. The van der Waals surface area contributed by atoms with Gasteiger partial charge in [0.15, 0.2) is 0 Å². The quantitative estimate of drug-likeness (QED) is 0.462. The number of rotatable bonds is 5. The predicted octanol–water partition coefficient (Wildman–Crippen LogP) is -0.0685. The molecule has 1 N–H and O–H groups in total. The summed E-state index contributed by atoms with van der Waals surface area (Å²) in [5.41, 5.74) is 0.458. The molecule has 1 aromatic carbocycles. The first-order valence-electron chi connectivity index (χ1n) is 5.70. The molecule has 7 heteroatoms. The average Bonchev–Trinajstić information content (AvgIpc) is 2.71. The fraction of sp³-hybridized carbons (Fsp3) is 0.333. The van der Waals surface area contributed by atoms with E-state index in [0.717, 1.165) is 0 Å². The van der Waals surface area contributed by atoms with Gasteiger partial charge in [-0.1, -0.05) is 6.07 Å². The van der Waals surface area contributed by atoms with Gasteiger partial charge in [-0.05, 0) is 17.3 Å². The first kappa shape index (κ1) is 13.9. The Morgan fingerprint density at radius 1 is 1.16 bits per heavy atom. The molecule has 2 rings (SSSR count). The van der Waals surface area contributed by atoms with E-state index in [9.17, 15) is 9.59 Å². The predicted molar refractivity (Wildman–Crippen MR) is 67.5 cm³/mol. The van der Waals surface area contributed by atoms with Gasteiger partial charge in [-0.25, -0.2) is 9.59 Å². The SMILES string of the molecule is CO[Si](CCO)(OC)c1ccc2c(c1)C(=O)OC2=O. The van der Waals surface area contributed by atoms with E-state index in [0.29, 0.717) is 11.2 Å². The van der Waals surface area contributed by atoms with E-state index in [4.69, 9.17) is 14.0 Å². The number of ether oxygens (including phenoxy) is 1. The molecule has 1 heterocycles. The van der Waals surface area contributed by atoms with Gasteiger partial charge in [-0.2, -0.15) is 0 Å². The molecule has 0 saturated heterocycles. The van der Waals surface area contributed by atoms with Gasteiger partial charge < -0.3 is 18.7 Å². The second kappa shape index (κ2) is 5.22. The maximum absolute atomic E-state index is 11.5. The van der Waals surface area contributed by atoms with Gasteiger partial charge in [0.25, 0.3) is 0 Å². The zero-order valence-electron chi connectivity index (χ0n) is 10.6. The van der Waals surface area contributed by atoms with Crippen molar-refractivity contribution in [2.45, 2.75) is 6.04 Å². The van der Waals surface area contributed by atoms with Gasteiger partial charge in [0, 0.05) is 26.9 Å². The largest absolute Gasteiger partial charge is 0.396 e. The van der Waals surface area contributed by atoms with Crippen molar-refractivity contribution in [2.75, 3.05) is 20.8 Å². The Labute approximate surface area is 111 Å². The smallest absolute Gasteiger partial charge is 0.374 e. The van der Waals surface area contributed by atoms with Crippen LogP contribution in [-0.2, 0) is 13.6 Å². The lowest BCUT2D eigenvalue weighted by Gasteiger charge is -2.27. The normalized spacial score (nSPS) is 14.5. The van der Waals surface area contributed by atoms with Crippen molar-refractivity contribution >= 4 is 25.7 Å². The van der Waals surface area contributed by atoms with E-state index in [2.05, 4.69) is 4.74 Å². The molecular weight excluding hydrogens is 268 g/mol. The summed E-state index contributed by atoms with van der Waals surface area (Å²) in [6.07, 6.45) is 0. The van der Waals surface area contributed by atoms with Gasteiger partial charge in [-0.15, -0.1) is 0 Å². The average molecular weight is 282 g/mol. The summed E-state index contributed by atoms with van der Waals surface area (Å²) in [5, 5.41) is 9.82. The molecule has 6 nitrogen and oxygen atoms in total. The van der Waals surface area contributed by atoms with Crippen molar-refractivity contribution in [1.82, 2.24) is 0 Å². The Hall–Kier alpha value is -1.54. The zero-order chi connectivity index (χ0) is 14.0. The molecule has 0 aromatic heterocycles. The Morgan fingerprint density at radius 2 is 1.79 bits per heavy atom. The van der Waals surface area contributed by atoms with Crippen molar-refractivity contribution < 1.29 is 28.3 Å². The van der Waals surface area contributed by atoms with Crippen molar-refractivity contribution in [1.29, 1.82) is 0 Å². The fourth-order valence-corrected chi connectivity index (χ4v) is 4.47. The third kappa shape index (κ3) is 2.21. The minimum absolute atomic E-state index is 0.0889. The lowest BCUT2D eigenvalue weighted by molar-refractivity contribution is 0.0444. The van der Waals surface area contributed by atoms with Crippen molar-refractivity contribution in [2.24, 2.45) is 0 Å². The molecule has 19 heavy (non-hydrogen) atoms. The number of aliphatic hydroxyl groups excluding tert-OH is 1. The molecule has 1 aromatic rings. The van der Waals surface area contributed by atoms with Crippen LogP contribution in [0.5, 0.6) is 0 Å². The Morgan fingerprint density at radius 3 is 2.37 bits per heavy atom. The van der Waals surface area contributed by atoms with Gasteiger partial charge in [0.1, 0.15) is 0 Å². The molecule has 0 atom stereocenters. The maximum Gasteiger partial charge on any atom is 0.374 e. The van der Waals surface area contributed by atoms with Crippen molar-refractivity contribution in [3.05, 3.63) is 29.3 Å². The van der Waals surface area contributed by atoms with Crippen molar-refractivity contribution in [3.8, 4) is 0 Å². The Balaban J connectivity index is 2.49. The van der Waals surface area contributed by atoms with E-state index in [1.165, 1.54) is 20.3 Å². The van der Waals surface area contributed by atoms with Crippen LogP contribution in [0.15, 0.2) is 18.2 Å². The van der Waals surface area contributed by atoms with Crippen LogP contribution in [0.3, 0.4) is 0 Å². The number of carbonyl (C=O) groups is 2. The van der Waals surface area contributed by atoms with Crippen LogP contribution in [0.4, 0.5) is 0 Å². The van der Waals surface area contributed by atoms with E-state index in [1.807, 2.05) is 0 Å². The van der Waals surface area contributed by atoms with Gasteiger partial charge >= 0.3 is 20.5 Å². The highest BCUT2D eigenvalue weighted by atomic mass is 28.4. The van der Waals surface area contributed by atoms with Crippen LogP contribution < -0.4 is 5.19 Å². The molecule has 102 valence electrons. The molecule has 0 saturated carbocycles. The van der Waals surface area contributed by atoms with Crippen LogP contribution in [0, 0.1) is 0 Å². The number of carbonyl (C=O) groups excluding carboxylic acids is 2. The molecule has 1 aliphatic rings. The van der Waals surface area contributed by atoms with Crippen LogP contribution in [-0.4, -0.2) is 46.4 Å². The second-order valence-corrected chi connectivity index (χ2v) is 7.47. The molecular formula is C12H14O6Si. The molecule has 0 amide bonds. The van der Waals surface area contributed by atoms with Crippen LogP contribution >= 0.6 is 0 Å². The lowest BCUT2D eigenvalue weighted by atomic mass is 10.1. The number of benzene rings is 1. The summed E-state index contributed by atoms with van der Waals surface area (Å²) in [6.45, 7) is -0.0889. The van der Waals surface area contributed by atoms with Crippen LogP contribution in [0.2, 0.25) is 6.04 Å². The minimum Gasteiger partial charge on any atom is -0.396 e. The fourth-order valence-electron chi connectivity index (χ4n) is 2.14. The summed E-state index contributed by atoms with van der Waals surface area (Å²) < 4.78 is 15.4. The molecule has 0 bridgehead atoms. The lowest BCUT2D eigenvalue weighted by Crippen LogP contribution is -2.53. The Bertz CT molecular complexity index is 523. The minimum atomic E-state index is -2.78.